The molecule has 1 fully saturated rings. The number of carbonyl (C=O) groups is 1. The SMILES string of the molecule is CN1CCCC(Nc2cccc(Oc3ccccc3)c2)C1=O. The number of amides is 1. The van der Waals surface area contributed by atoms with Gasteiger partial charge in [-0.15, -0.1) is 0 Å². The topological polar surface area (TPSA) is 41.6 Å². The Morgan fingerprint density at radius 1 is 1.09 bits per heavy atom. The monoisotopic (exact) mass is 296 g/mol. The summed E-state index contributed by atoms with van der Waals surface area (Å²) in [7, 11) is 1.85. The van der Waals surface area contributed by atoms with Crippen LogP contribution in [0.15, 0.2) is 54.6 Å². The second-order valence-electron chi connectivity index (χ2n) is 5.54. The van der Waals surface area contributed by atoms with Crippen LogP contribution in [0.3, 0.4) is 0 Å². The van der Waals surface area contributed by atoms with Crippen molar-refractivity contribution in [2.45, 2.75) is 18.9 Å². The molecule has 0 radical (unpaired) electrons. The summed E-state index contributed by atoms with van der Waals surface area (Å²) in [5.74, 6) is 1.71. The summed E-state index contributed by atoms with van der Waals surface area (Å²) in [6, 6.07) is 17.2. The number of para-hydroxylation sites is 1. The fourth-order valence-corrected chi connectivity index (χ4v) is 2.64. The number of carbonyl (C=O) groups excluding carboxylic acids is 1. The number of hydrogen-bond donors (Lipinski definition) is 1. The predicted octanol–water partition coefficient (Wildman–Crippen LogP) is 3.51. The number of nitrogens with zero attached hydrogens (tertiary/aromatic N) is 1. The zero-order chi connectivity index (χ0) is 15.4. The van der Waals surface area contributed by atoms with Crippen LogP contribution in [0.2, 0.25) is 0 Å². The molecule has 114 valence electrons. The lowest BCUT2D eigenvalue weighted by Crippen LogP contribution is -2.45. The molecule has 0 aromatic heterocycles. The van der Waals surface area contributed by atoms with Crippen molar-refractivity contribution in [3.63, 3.8) is 0 Å². The number of benzene rings is 2. The first-order valence-corrected chi connectivity index (χ1v) is 7.57. The maximum absolute atomic E-state index is 12.1. The molecule has 0 saturated carbocycles. The van der Waals surface area contributed by atoms with Gasteiger partial charge < -0.3 is 15.0 Å². The largest absolute Gasteiger partial charge is 0.457 e. The summed E-state index contributed by atoms with van der Waals surface area (Å²) in [6.45, 7) is 0.841. The first-order chi connectivity index (χ1) is 10.7. The quantitative estimate of drug-likeness (QED) is 0.938. The minimum atomic E-state index is -0.147. The highest BCUT2D eigenvalue weighted by molar-refractivity contribution is 5.85. The number of hydrogen-bond acceptors (Lipinski definition) is 3. The lowest BCUT2D eigenvalue weighted by molar-refractivity contribution is -0.132. The number of anilines is 1. The normalized spacial score (nSPS) is 18.1. The third-order valence-corrected chi connectivity index (χ3v) is 3.81. The van der Waals surface area contributed by atoms with Crippen LogP contribution >= 0.6 is 0 Å². The molecule has 3 rings (SSSR count). The molecule has 0 bridgehead atoms. The van der Waals surface area contributed by atoms with Gasteiger partial charge in [0.1, 0.15) is 17.5 Å². The van der Waals surface area contributed by atoms with Crippen LogP contribution in [-0.2, 0) is 4.79 Å². The van der Waals surface area contributed by atoms with E-state index >= 15 is 0 Å². The molecule has 0 aliphatic carbocycles. The molecule has 1 unspecified atom stereocenters. The van der Waals surface area contributed by atoms with E-state index in [0.717, 1.165) is 36.6 Å². The van der Waals surface area contributed by atoms with Gasteiger partial charge in [-0.3, -0.25) is 4.79 Å². The molecule has 0 spiro atoms. The number of ether oxygens (including phenoxy) is 1. The summed E-state index contributed by atoms with van der Waals surface area (Å²) < 4.78 is 5.82. The van der Waals surface area contributed by atoms with E-state index in [1.165, 1.54) is 0 Å². The van der Waals surface area contributed by atoms with E-state index < -0.39 is 0 Å². The third kappa shape index (κ3) is 3.39. The lowest BCUT2D eigenvalue weighted by Gasteiger charge is -2.30. The van der Waals surface area contributed by atoms with Crippen molar-refractivity contribution in [2.75, 3.05) is 18.9 Å². The Labute approximate surface area is 130 Å². The molecule has 22 heavy (non-hydrogen) atoms. The molecule has 1 aliphatic rings. The van der Waals surface area contributed by atoms with Crippen LogP contribution in [0.4, 0.5) is 5.69 Å². The Bertz CT molecular complexity index is 643. The maximum atomic E-state index is 12.1. The molecule has 4 nitrogen and oxygen atoms in total. The second-order valence-corrected chi connectivity index (χ2v) is 5.54. The minimum absolute atomic E-state index is 0.147. The predicted molar refractivity (Wildman–Crippen MR) is 87.2 cm³/mol. The summed E-state index contributed by atoms with van der Waals surface area (Å²) in [6.07, 6.45) is 1.90. The summed E-state index contributed by atoms with van der Waals surface area (Å²) >= 11 is 0. The summed E-state index contributed by atoms with van der Waals surface area (Å²) in [4.78, 5) is 13.9. The van der Waals surface area contributed by atoms with Crippen LogP contribution in [0.1, 0.15) is 12.8 Å². The Morgan fingerprint density at radius 3 is 2.68 bits per heavy atom. The number of rotatable bonds is 4. The van der Waals surface area contributed by atoms with Gasteiger partial charge in [-0.25, -0.2) is 0 Å². The molecule has 1 heterocycles. The molecule has 1 saturated heterocycles. The summed E-state index contributed by atoms with van der Waals surface area (Å²) in [5, 5.41) is 3.32. The molecule has 2 aromatic rings. The van der Waals surface area contributed by atoms with E-state index in [4.69, 9.17) is 4.74 Å². The smallest absolute Gasteiger partial charge is 0.244 e. The van der Waals surface area contributed by atoms with E-state index in [0.29, 0.717) is 0 Å². The third-order valence-electron chi connectivity index (χ3n) is 3.81. The molecular weight excluding hydrogens is 276 g/mol. The standard InChI is InChI=1S/C18H20N2O2/c1-20-12-6-11-17(18(20)21)19-14-7-5-10-16(13-14)22-15-8-3-2-4-9-15/h2-5,7-10,13,17,19H,6,11-12H2,1H3. The Hall–Kier alpha value is -2.49. The maximum Gasteiger partial charge on any atom is 0.244 e. The Kier molecular flexibility index (Phi) is 4.28. The first kappa shape index (κ1) is 14.4. The molecule has 4 heteroatoms. The van der Waals surface area contributed by atoms with Gasteiger partial charge in [0.05, 0.1) is 0 Å². The van der Waals surface area contributed by atoms with E-state index in [9.17, 15) is 4.79 Å². The number of likely N-dealkylation sites (tertiary alicyclic amines) is 1. The van der Waals surface area contributed by atoms with Gasteiger partial charge in [0.25, 0.3) is 0 Å². The molecule has 1 N–H and O–H groups in total. The van der Waals surface area contributed by atoms with Crippen molar-refractivity contribution >= 4 is 11.6 Å². The fraction of sp³-hybridized carbons (Fsp3) is 0.278. The zero-order valence-electron chi connectivity index (χ0n) is 12.7. The highest BCUT2D eigenvalue weighted by atomic mass is 16.5. The van der Waals surface area contributed by atoms with Crippen LogP contribution in [0.5, 0.6) is 11.5 Å². The number of nitrogens with one attached hydrogen (secondary N) is 1. The Morgan fingerprint density at radius 2 is 1.86 bits per heavy atom. The van der Waals surface area contributed by atoms with Gasteiger partial charge in [0.2, 0.25) is 5.91 Å². The van der Waals surface area contributed by atoms with E-state index in [-0.39, 0.29) is 11.9 Å². The molecule has 2 aromatic carbocycles. The van der Waals surface area contributed by atoms with Crippen molar-refractivity contribution < 1.29 is 9.53 Å². The average molecular weight is 296 g/mol. The molecule has 1 amide bonds. The summed E-state index contributed by atoms with van der Waals surface area (Å²) in [5.41, 5.74) is 0.905. The van der Waals surface area contributed by atoms with E-state index in [2.05, 4.69) is 5.32 Å². The van der Waals surface area contributed by atoms with E-state index in [1.54, 1.807) is 4.90 Å². The van der Waals surface area contributed by atoms with Crippen molar-refractivity contribution in [1.82, 2.24) is 4.90 Å². The van der Waals surface area contributed by atoms with Crippen molar-refractivity contribution in [2.24, 2.45) is 0 Å². The van der Waals surface area contributed by atoms with Gasteiger partial charge in [-0.2, -0.15) is 0 Å². The van der Waals surface area contributed by atoms with Crippen LogP contribution in [0, 0.1) is 0 Å². The second kappa shape index (κ2) is 6.52. The average Bonchev–Trinajstić information content (AvgIpc) is 2.53. The fourth-order valence-electron chi connectivity index (χ4n) is 2.64. The van der Waals surface area contributed by atoms with Crippen molar-refractivity contribution in [1.29, 1.82) is 0 Å². The van der Waals surface area contributed by atoms with Crippen LogP contribution in [-0.4, -0.2) is 30.4 Å². The Balaban J connectivity index is 1.70. The van der Waals surface area contributed by atoms with Gasteiger partial charge in [0.15, 0.2) is 0 Å². The highest BCUT2D eigenvalue weighted by Gasteiger charge is 2.25. The molecular formula is C18H20N2O2. The lowest BCUT2D eigenvalue weighted by atomic mass is 10.1. The van der Waals surface area contributed by atoms with Gasteiger partial charge in [0, 0.05) is 25.3 Å². The first-order valence-electron chi connectivity index (χ1n) is 7.57. The minimum Gasteiger partial charge on any atom is -0.457 e. The van der Waals surface area contributed by atoms with Gasteiger partial charge >= 0.3 is 0 Å². The van der Waals surface area contributed by atoms with E-state index in [1.807, 2.05) is 61.6 Å². The van der Waals surface area contributed by atoms with Crippen molar-refractivity contribution in [3.05, 3.63) is 54.6 Å². The zero-order valence-corrected chi connectivity index (χ0v) is 12.7. The van der Waals surface area contributed by atoms with Crippen LogP contribution < -0.4 is 10.1 Å². The number of likely N-dealkylation sites (N-methyl/N-ethyl adjacent to an activating group) is 1. The number of piperidine rings is 1. The van der Waals surface area contributed by atoms with Gasteiger partial charge in [-0.05, 0) is 37.1 Å². The van der Waals surface area contributed by atoms with Crippen LogP contribution in [0.25, 0.3) is 0 Å². The van der Waals surface area contributed by atoms with Crippen molar-refractivity contribution in [3.8, 4) is 11.5 Å². The molecule has 1 atom stereocenters. The highest BCUT2D eigenvalue weighted by Crippen LogP contribution is 2.25. The van der Waals surface area contributed by atoms with Gasteiger partial charge in [-0.1, -0.05) is 24.3 Å². The molecule has 1 aliphatic heterocycles.